The molecule has 2 rings (SSSR count). The van der Waals surface area contributed by atoms with Gasteiger partial charge in [0.15, 0.2) is 0 Å². The number of hydrogen-bond donors (Lipinski definition) is 1. The summed E-state index contributed by atoms with van der Waals surface area (Å²) in [6.07, 6.45) is 9.40. The molecule has 108 valence electrons. The molecule has 1 N–H and O–H groups in total. The van der Waals surface area contributed by atoms with Gasteiger partial charge in [-0.05, 0) is 19.9 Å². The van der Waals surface area contributed by atoms with Crippen LogP contribution in [0.25, 0.3) is 0 Å². The van der Waals surface area contributed by atoms with Crippen LogP contribution in [0.5, 0.6) is 0 Å². The van der Waals surface area contributed by atoms with Gasteiger partial charge >= 0.3 is 0 Å². The molecule has 1 fully saturated rings. The summed E-state index contributed by atoms with van der Waals surface area (Å²) in [7, 11) is 3.95. The molecule has 19 heavy (non-hydrogen) atoms. The number of aromatic nitrogens is 2. The Labute approximate surface area is 116 Å². The fourth-order valence-electron chi connectivity index (χ4n) is 2.71. The molecule has 0 aliphatic heterocycles. The Bertz CT molecular complexity index is 360. The van der Waals surface area contributed by atoms with E-state index in [0.717, 1.165) is 31.6 Å². The summed E-state index contributed by atoms with van der Waals surface area (Å²) in [6, 6.07) is 0.786. The maximum absolute atomic E-state index is 5.04. The summed E-state index contributed by atoms with van der Waals surface area (Å²) in [6.45, 7) is 3.57. The maximum atomic E-state index is 5.04. The van der Waals surface area contributed by atoms with Crippen molar-refractivity contribution >= 4 is 5.95 Å². The zero-order chi connectivity index (χ0) is 13.5. The molecular formula is C14H26N4O. The smallest absolute Gasteiger partial charge is 0.202 e. The Morgan fingerprint density at radius 2 is 2.26 bits per heavy atom. The molecule has 1 aromatic heterocycles. The first kappa shape index (κ1) is 14.3. The van der Waals surface area contributed by atoms with Crippen LogP contribution in [-0.4, -0.2) is 54.3 Å². The summed E-state index contributed by atoms with van der Waals surface area (Å²) in [5.41, 5.74) is 0. The van der Waals surface area contributed by atoms with E-state index in [0.29, 0.717) is 6.61 Å². The van der Waals surface area contributed by atoms with Crippen LogP contribution in [0, 0.1) is 0 Å². The van der Waals surface area contributed by atoms with E-state index in [-0.39, 0.29) is 0 Å². The molecule has 0 atom stereocenters. The van der Waals surface area contributed by atoms with Crippen molar-refractivity contribution in [3.8, 4) is 0 Å². The van der Waals surface area contributed by atoms with Crippen molar-refractivity contribution in [2.24, 2.45) is 0 Å². The number of rotatable bonds is 8. The van der Waals surface area contributed by atoms with E-state index in [1.807, 2.05) is 12.4 Å². The van der Waals surface area contributed by atoms with Gasteiger partial charge in [-0.1, -0.05) is 12.8 Å². The lowest BCUT2D eigenvalue weighted by molar-refractivity contribution is 0.210. The highest BCUT2D eigenvalue weighted by atomic mass is 16.5. The van der Waals surface area contributed by atoms with Gasteiger partial charge in [0, 0.05) is 45.2 Å². The van der Waals surface area contributed by atoms with Crippen molar-refractivity contribution in [3.05, 3.63) is 12.4 Å². The third-order valence-electron chi connectivity index (χ3n) is 3.95. The molecule has 0 radical (unpaired) electrons. The highest BCUT2D eigenvalue weighted by Crippen LogP contribution is 2.22. The van der Waals surface area contributed by atoms with Crippen LogP contribution in [0.1, 0.15) is 25.7 Å². The summed E-state index contributed by atoms with van der Waals surface area (Å²) in [5.74, 6) is 0.942. The van der Waals surface area contributed by atoms with Gasteiger partial charge in [-0.3, -0.25) is 0 Å². The van der Waals surface area contributed by atoms with Gasteiger partial charge in [-0.25, -0.2) is 4.98 Å². The van der Waals surface area contributed by atoms with Gasteiger partial charge in [0.25, 0.3) is 0 Å². The monoisotopic (exact) mass is 266 g/mol. The Morgan fingerprint density at radius 1 is 1.47 bits per heavy atom. The van der Waals surface area contributed by atoms with E-state index in [9.17, 15) is 0 Å². The van der Waals surface area contributed by atoms with E-state index < -0.39 is 0 Å². The number of anilines is 1. The van der Waals surface area contributed by atoms with Crippen LogP contribution in [0.3, 0.4) is 0 Å². The van der Waals surface area contributed by atoms with Crippen LogP contribution in [-0.2, 0) is 11.3 Å². The Kier molecular flexibility index (Phi) is 5.66. The van der Waals surface area contributed by atoms with E-state index in [1.54, 1.807) is 7.11 Å². The predicted octanol–water partition coefficient (Wildman–Crippen LogP) is 1.82. The number of imidazole rings is 1. The molecule has 5 heteroatoms. The summed E-state index contributed by atoms with van der Waals surface area (Å²) >= 11 is 0. The minimum Gasteiger partial charge on any atom is -0.383 e. The molecular weight excluding hydrogens is 240 g/mol. The molecule has 0 saturated heterocycles. The van der Waals surface area contributed by atoms with Crippen LogP contribution >= 0.6 is 0 Å². The standard InChI is InChI=1S/C14H26N4O/c1-17(13-5-3-4-6-13)10-11-18-9-7-15-14(18)16-8-12-19-2/h7,9,13H,3-6,8,10-12H2,1-2H3,(H,15,16). The lowest BCUT2D eigenvalue weighted by Gasteiger charge is -2.24. The number of nitrogens with zero attached hydrogens (tertiary/aromatic N) is 3. The Morgan fingerprint density at radius 3 is 3.00 bits per heavy atom. The van der Waals surface area contributed by atoms with E-state index in [4.69, 9.17) is 4.74 Å². The van der Waals surface area contributed by atoms with Crippen molar-refractivity contribution in [2.45, 2.75) is 38.3 Å². The normalized spacial score (nSPS) is 16.4. The highest BCUT2D eigenvalue weighted by Gasteiger charge is 2.19. The molecule has 5 nitrogen and oxygen atoms in total. The lowest BCUT2D eigenvalue weighted by atomic mass is 10.2. The van der Waals surface area contributed by atoms with Crippen molar-refractivity contribution in [2.75, 3.05) is 39.2 Å². The third-order valence-corrected chi connectivity index (χ3v) is 3.95. The molecule has 0 bridgehead atoms. The van der Waals surface area contributed by atoms with Crippen LogP contribution < -0.4 is 5.32 Å². The molecule has 0 amide bonds. The Balaban J connectivity index is 1.77. The van der Waals surface area contributed by atoms with Crippen molar-refractivity contribution in [1.82, 2.24) is 14.5 Å². The third kappa shape index (κ3) is 4.21. The van der Waals surface area contributed by atoms with Gasteiger partial charge in [-0.2, -0.15) is 0 Å². The largest absolute Gasteiger partial charge is 0.383 e. The molecule has 0 spiro atoms. The molecule has 0 unspecified atom stereocenters. The number of nitrogens with one attached hydrogen (secondary N) is 1. The second-order valence-corrected chi connectivity index (χ2v) is 5.28. The maximum Gasteiger partial charge on any atom is 0.202 e. The minimum absolute atomic E-state index is 0.703. The highest BCUT2D eigenvalue weighted by molar-refractivity contribution is 5.25. The molecule has 1 aliphatic carbocycles. The zero-order valence-electron chi connectivity index (χ0n) is 12.1. The van der Waals surface area contributed by atoms with Gasteiger partial charge < -0.3 is 19.5 Å². The zero-order valence-corrected chi connectivity index (χ0v) is 12.1. The average molecular weight is 266 g/mol. The number of methoxy groups -OCH3 is 1. The van der Waals surface area contributed by atoms with Crippen molar-refractivity contribution < 1.29 is 4.74 Å². The van der Waals surface area contributed by atoms with Crippen LogP contribution in [0.15, 0.2) is 12.4 Å². The minimum atomic E-state index is 0.703. The molecule has 0 aromatic carbocycles. The van der Waals surface area contributed by atoms with Gasteiger partial charge in [-0.15, -0.1) is 0 Å². The van der Waals surface area contributed by atoms with Gasteiger partial charge in [0.2, 0.25) is 5.95 Å². The molecule has 1 heterocycles. The SMILES string of the molecule is COCCNc1nccn1CCN(C)C1CCCC1. The van der Waals surface area contributed by atoms with Gasteiger partial charge in [0.1, 0.15) is 0 Å². The summed E-state index contributed by atoms with van der Waals surface area (Å²) in [4.78, 5) is 6.83. The topological polar surface area (TPSA) is 42.3 Å². The fourth-order valence-corrected chi connectivity index (χ4v) is 2.71. The van der Waals surface area contributed by atoms with E-state index in [1.165, 1.54) is 25.7 Å². The predicted molar refractivity (Wildman–Crippen MR) is 77.5 cm³/mol. The average Bonchev–Trinajstić information content (AvgIpc) is 3.08. The van der Waals surface area contributed by atoms with Crippen LogP contribution in [0.2, 0.25) is 0 Å². The quantitative estimate of drug-likeness (QED) is 0.729. The first-order valence-electron chi connectivity index (χ1n) is 7.25. The summed E-state index contributed by atoms with van der Waals surface area (Å²) < 4.78 is 7.22. The number of likely N-dealkylation sites (N-methyl/N-ethyl adjacent to an activating group) is 1. The van der Waals surface area contributed by atoms with Gasteiger partial charge in [0.05, 0.1) is 6.61 Å². The first-order valence-corrected chi connectivity index (χ1v) is 7.25. The molecule has 1 aromatic rings. The fraction of sp³-hybridized carbons (Fsp3) is 0.786. The van der Waals surface area contributed by atoms with E-state index >= 15 is 0 Å². The molecule has 1 aliphatic rings. The van der Waals surface area contributed by atoms with Crippen LogP contribution in [0.4, 0.5) is 5.95 Å². The number of ether oxygens (including phenoxy) is 1. The Hall–Kier alpha value is -1.07. The lowest BCUT2D eigenvalue weighted by Crippen LogP contribution is -2.32. The van der Waals surface area contributed by atoms with E-state index in [2.05, 4.69) is 26.8 Å². The molecule has 1 saturated carbocycles. The summed E-state index contributed by atoms with van der Waals surface area (Å²) in [5, 5.41) is 3.30. The van der Waals surface area contributed by atoms with Crippen molar-refractivity contribution in [1.29, 1.82) is 0 Å². The second-order valence-electron chi connectivity index (χ2n) is 5.28. The second kappa shape index (κ2) is 7.50. The van der Waals surface area contributed by atoms with Crippen molar-refractivity contribution in [3.63, 3.8) is 0 Å². The number of hydrogen-bond acceptors (Lipinski definition) is 4. The first-order chi connectivity index (χ1) is 9.31.